The first-order chi connectivity index (χ1) is 10.3. The van der Waals surface area contributed by atoms with Crippen molar-refractivity contribution in [1.82, 2.24) is 0 Å². The Morgan fingerprint density at radius 3 is 2.64 bits per heavy atom. The lowest BCUT2D eigenvalue weighted by Crippen LogP contribution is -2.52. The van der Waals surface area contributed by atoms with Crippen LogP contribution in [-0.2, 0) is 4.74 Å². The van der Waals surface area contributed by atoms with E-state index < -0.39 is 5.97 Å². The van der Waals surface area contributed by atoms with Gasteiger partial charge in [-0.1, -0.05) is 25.1 Å². The fourth-order valence-electron chi connectivity index (χ4n) is 4.14. The zero-order valence-corrected chi connectivity index (χ0v) is 13.3. The first kappa shape index (κ1) is 15.5. The van der Waals surface area contributed by atoms with Crippen LogP contribution in [0.3, 0.4) is 0 Å². The van der Waals surface area contributed by atoms with E-state index >= 15 is 0 Å². The molecule has 1 saturated heterocycles. The Hall–Kier alpha value is -1.39. The summed E-state index contributed by atoms with van der Waals surface area (Å²) in [6, 6.07) is 7.07. The van der Waals surface area contributed by atoms with Gasteiger partial charge < -0.3 is 14.9 Å². The number of rotatable bonds is 2. The minimum atomic E-state index is -0.928. The van der Waals surface area contributed by atoms with Gasteiger partial charge in [-0.3, -0.25) is 0 Å². The average Bonchev–Trinajstić information content (AvgIpc) is 2.47. The topological polar surface area (TPSA) is 66.8 Å². The van der Waals surface area contributed by atoms with Gasteiger partial charge in [0, 0.05) is 0 Å². The lowest BCUT2D eigenvalue weighted by atomic mass is 9.63. The van der Waals surface area contributed by atoms with Crippen LogP contribution in [0.5, 0.6) is 0 Å². The number of aliphatic hydroxyl groups is 1. The minimum absolute atomic E-state index is 0.110. The molecule has 0 amide bonds. The van der Waals surface area contributed by atoms with Crippen molar-refractivity contribution < 1.29 is 19.7 Å². The van der Waals surface area contributed by atoms with E-state index in [4.69, 9.17) is 4.74 Å². The fourth-order valence-corrected chi connectivity index (χ4v) is 4.14. The Morgan fingerprint density at radius 1 is 1.27 bits per heavy atom. The Bertz CT molecular complexity index is 580. The molecular formula is C18H24O4. The second-order valence-electron chi connectivity index (χ2n) is 7.29. The first-order valence-corrected chi connectivity index (χ1v) is 7.99. The zero-order chi connectivity index (χ0) is 16.1. The standard InChI is InChI=1S/C18H24O4/c1-10-14-8-11(9-15(10)19)18(2,3)22-16(14)12-6-4-5-7-13(12)17(20)21/h4-7,10-11,14-16,19H,8-9H2,1-3H3,(H,20,21)/t10-,11?,14?,15-,16-/m0/s1. The van der Waals surface area contributed by atoms with Crippen LogP contribution in [0, 0.1) is 17.8 Å². The Morgan fingerprint density at radius 2 is 1.95 bits per heavy atom. The smallest absolute Gasteiger partial charge is 0.336 e. The lowest BCUT2D eigenvalue weighted by molar-refractivity contribution is -0.215. The lowest BCUT2D eigenvalue weighted by Gasteiger charge is -2.53. The molecule has 2 aliphatic rings. The van der Waals surface area contributed by atoms with Gasteiger partial charge in [0.15, 0.2) is 0 Å². The number of aliphatic hydroxyl groups excluding tert-OH is 1. The first-order valence-electron chi connectivity index (χ1n) is 7.99. The molecule has 1 aromatic rings. The normalized spacial score (nSPS) is 36.8. The van der Waals surface area contributed by atoms with E-state index in [0.29, 0.717) is 11.5 Å². The number of ether oxygens (including phenoxy) is 1. The summed E-state index contributed by atoms with van der Waals surface area (Å²) < 4.78 is 6.36. The van der Waals surface area contributed by atoms with Crippen LogP contribution in [-0.4, -0.2) is 27.9 Å². The van der Waals surface area contributed by atoms with E-state index in [0.717, 1.165) is 18.4 Å². The molecule has 0 radical (unpaired) electrons. The van der Waals surface area contributed by atoms with E-state index in [-0.39, 0.29) is 29.6 Å². The molecule has 1 heterocycles. The van der Waals surface area contributed by atoms with Gasteiger partial charge in [-0.15, -0.1) is 0 Å². The highest BCUT2D eigenvalue weighted by Gasteiger charge is 2.51. The summed E-state index contributed by atoms with van der Waals surface area (Å²) in [4.78, 5) is 11.5. The largest absolute Gasteiger partial charge is 0.478 e. The molecule has 5 atom stereocenters. The maximum atomic E-state index is 11.5. The molecule has 1 aliphatic heterocycles. The van der Waals surface area contributed by atoms with Crippen LogP contribution in [0.1, 0.15) is 55.6 Å². The van der Waals surface area contributed by atoms with Gasteiger partial charge in [0.1, 0.15) is 0 Å². The summed E-state index contributed by atoms with van der Waals surface area (Å²) >= 11 is 0. The van der Waals surface area contributed by atoms with Crippen molar-refractivity contribution in [3.8, 4) is 0 Å². The molecule has 1 aromatic carbocycles. The summed E-state index contributed by atoms with van der Waals surface area (Å²) in [5.74, 6) is -0.346. The molecular weight excluding hydrogens is 280 g/mol. The van der Waals surface area contributed by atoms with Crippen LogP contribution in [0.25, 0.3) is 0 Å². The Labute approximate surface area is 131 Å². The fraction of sp³-hybridized carbons (Fsp3) is 0.611. The van der Waals surface area contributed by atoms with Gasteiger partial charge in [-0.25, -0.2) is 4.79 Å². The summed E-state index contributed by atoms with van der Waals surface area (Å²) in [6.07, 6.45) is 1.12. The summed E-state index contributed by atoms with van der Waals surface area (Å²) in [5, 5.41) is 19.9. The summed E-state index contributed by atoms with van der Waals surface area (Å²) in [6.45, 7) is 6.14. The number of carboxylic acid groups (broad SMARTS) is 1. The third-order valence-corrected chi connectivity index (χ3v) is 5.67. The zero-order valence-electron chi connectivity index (χ0n) is 13.3. The van der Waals surface area contributed by atoms with Crippen molar-refractivity contribution in [2.75, 3.05) is 0 Å². The SMILES string of the molecule is C[C@H]1C2CC(C[C@@H]1O)C(C)(C)O[C@H]2c1ccccc1C(=O)O. The number of aromatic carboxylic acids is 1. The summed E-state index contributed by atoms with van der Waals surface area (Å²) in [7, 11) is 0. The molecule has 2 bridgehead atoms. The van der Waals surface area contributed by atoms with E-state index in [1.54, 1.807) is 12.1 Å². The number of carboxylic acids is 1. The van der Waals surface area contributed by atoms with Crippen LogP contribution in [0.4, 0.5) is 0 Å². The molecule has 4 heteroatoms. The van der Waals surface area contributed by atoms with E-state index in [2.05, 4.69) is 0 Å². The van der Waals surface area contributed by atoms with Crippen molar-refractivity contribution in [1.29, 1.82) is 0 Å². The molecule has 120 valence electrons. The monoisotopic (exact) mass is 304 g/mol. The third-order valence-electron chi connectivity index (χ3n) is 5.67. The molecule has 22 heavy (non-hydrogen) atoms. The van der Waals surface area contributed by atoms with Gasteiger partial charge in [0.05, 0.1) is 23.4 Å². The van der Waals surface area contributed by atoms with Gasteiger partial charge in [-0.2, -0.15) is 0 Å². The molecule has 0 spiro atoms. The minimum Gasteiger partial charge on any atom is -0.478 e. The molecule has 1 saturated carbocycles. The van der Waals surface area contributed by atoms with Crippen molar-refractivity contribution in [2.45, 2.75) is 51.4 Å². The highest BCUT2D eigenvalue weighted by atomic mass is 16.5. The van der Waals surface area contributed by atoms with Crippen LogP contribution in [0.15, 0.2) is 24.3 Å². The van der Waals surface area contributed by atoms with E-state index in [9.17, 15) is 15.0 Å². The number of hydrogen-bond donors (Lipinski definition) is 2. The Kier molecular flexibility index (Phi) is 3.77. The van der Waals surface area contributed by atoms with Crippen molar-refractivity contribution in [2.24, 2.45) is 17.8 Å². The number of hydrogen-bond acceptors (Lipinski definition) is 3. The molecule has 2 N–H and O–H groups in total. The van der Waals surface area contributed by atoms with E-state index in [1.165, 1.54) is 0 Å². The second-order valence-corrected chi connectivity index (χ2v) is 7.29. The number of carbonyl (C=O) groups is 1. The molecule has 0 aromatic heterocycles. The van der Waals surface area contributed by atoms with E-state index in [1.807, 2.05) is 32.9 Å². The molecule has 3 rings (SSSR count). The quantitative estimate of drug-likeness (QED) is 0.880. The maximum Gasteiger partial charge on any atom is 0.336 e. The third kappa shape index (κ3) is 2.44. The predicted octanol–water partition coefficient (Wildman–Crippen LogP) is 3.26. The number of benzene rings is 1. The average molecular weight is 304 g/mol. The van der Waals surface area contributed by atoms with Gasteiger partial charge in [0.25, 0.3) is 0 Å². The van der Waals surface area contributed by atoms with Crippen LogP contribution in [0.2, 0.25) is 0 Å². The molecule has 2 fully saturated rings. The molecule has 2 unspecified atom stereocenters. The molecule has 1 aliphatic carbocycles. The van der Waals surface area contributed by atoms with Crippen molar-refractivity contribution >= 4 is 5.97 Å². The highest BCUT2D eigenvalue weighted by molar-refractivity contribution is 5.89. The Balaban J connectivity index is 2.04. The maximum absolute atomic E-state index is 11.5. The highest BCUT2D eigenvalue weighted by Crippen LogP contribution is 2.53. The number of fused-ring (bicyclic) bond motifs is 2. The van der Waals surface area contributed by atoms with Crippen LogP contribution >= 0.6 is 0 Å². The summed E-state index contributed by atoms with van der Waals surface area (Å²) in [5.41, 5.74) is 0.676. The van der Waals surface area contributed by atoms with Crippen molar-refractivity contribution in [3.63, 3.8) is 0 Å². The van der Waals surface area contributed by atoms with Crippen molar-refractivity contribution in [3.05, 3.63) is 35.4 Å². The second kappa shape index (κ2) is 5.36. The predicted molar refractivity (Wildman–Crippen MR) is 82.7 cm³/mol. The van der Waals surface area contributed by atoms with Crippen LogP contribution < -0.4 is 0 Å². The molecule has 4 nitrogen and oxygen atoms in total. The van der Waals surface area contributed by atoms with Gasteiger partial charge in [0.2, 0.25) is 0 Å². The van der Waals surface area contributed by atoms with Gasteiger partial charge in [-0.05, 0) is 56.1 Å². The van der Waals surface area contributed by atoms with Gasteiger partial charge >= 0.3 is 5.97 Å².